The summed E-state index contributed by atoms with van der Waals surface area (Å²) in [5.41, 5.74) is 0.208. The normalized spacial score (nSPS) is 23.7. The van der Waals surface area contributed by atoms with Crippen molar-refractivity contribution in [3.8, 4) is 0 Å². The quantitative estimate of drug-likeness (QED) is 0.905. The van der Waals surface area contributed by atoms with Crippen LogP contribution in [0.15, 0.2) is 18.2 Å². The summed E-state index contributed by atoms with van der Waals surface area (Å²) in [4.78, 5) is 24.6. The van der Waals surface area contributed by atoms with E-state index in [-0.39, 0.29) is 30.0 Å². The number of aliphatic carboxylic acids is 1. The summed E-state index contributed by atoms with van der Waals surface area (Å²) in [6.07, 6.45) is 2.07. The van der Waals surface area contributed by atoms with Crippen molar-refractivity contribution >= 4 is 11.9 Å². The van der Waals surface area contributed by atoms with E-state index in [0.29, 0.717) is 6.42 Å². The van der Waals surface area contributed by atoms with Gasteiger partial charge in [-0.15, -0.1) is 0 Å². The predicted octanol–water partition coefficient (Wildman–Crippen LogP) is 2.14. The summed E-state index contributed by atoms with van der Waals surface area (Å²) in [5.74, 6) is -3.91. The molecule has 0 unspecified atom stereocenters. The van der Waals surface area contributed by atoms with E-state index in [4.69, 9.17) is 5.11 Å². The van der Waals surface area contributed by atoms with Gasteiger partial charge in [-0.3, -0.25) is 9.59 Å². The summed E-state index contributed by atoms with van der Waals surface area (Å²) in [7, 11) is 0. The van der Waals surface area contributed by atoms with Gasteiger partial charge >= 0.3 is 5.97 Å². The molecule has 112 valence electrons. The third kappa shape index (κ3) is 2.75. The first-order chi connectivity index (χ1) is 9.99. The minimum Gasteiger partial charge on any atom is -0.480 e. The molecule has 1 amide bonds. The number of carboxylic acids is 1. The molecule has 4 nitrogen and oxygen atoms in total. The van der Waals surface area contributed by atoms with Crippen LogP contribution in [-0.2, 0) is 9.59 Å². The van der Waals surface area contributed by atoms with Gasteiger partial charge in [0, 0.05) is 12.0 Å². The van der Waals surface area contributed by atoms with E-state index in [2.05, 4.69) is 0 Å². The van der Waals surface area contributed by atoms with Gasteiger partial charge in [0.25, 0.3) is 0 Å². The lowest BCUT2D eigenvalue weighted by atomic mass is 10.1. The number of halogens is 2. The van der Waals surface area contributed by atoms with Crippen LogP contribution >= 0.6 is 0 Å². The van der Waals surface area contributed by atoms with Gasteiger partial charge < -0.3 is 10.0 Å². The van der Waals surface area contributed by atoms with Crippen molar-refractivity contribution in [2.24, 2.45) is 5.92 Å². The Morgan fingerprint density at radius 3 is 2.62 bits per heavy atom. The Morgan fingerprint density at radius 2 is 2.00 bits per heavy atom. The smallest absolute Gasteiger partial charge is 0.323 e. The number of nitrogens with zero attached hydrogens (tertiary/aromatic N) is 1. The standard InChI is InChI=1S/C15H15F2NO3/c16-12-3-1-2-9(14(12)17)10-6-11(10)15(21)18(7-13(19)20)8-4-5-8/h1-3,8,10-11H,4-7H2,(H,19,20)/t10-,11+/m1/s1. The van der Waals surface area contributed by atoms with E-state index in [1.165, 1.54) is 17.0 Å². The van der Waals surface area contributed by atoms with Crippen molar-refractivity contribution in [1.29, 1.82) is 0 Å². The molecule has 0 spiro atoms. The summed E-state index contributed by atoms with van der Waals surface area (Å²) >= 11 is 0. The SMILES string of the molecule is O=C(O)CN(C(=O)[C@H]1C[C@@H]1c1cccc(F)c1F)C1CC1. The van der Waals surface area contributed by atoms with Crippen LogP contribution in [-0.4, -0.2) is 34.5 Å². The second-order valence-electron chi connectivity index (χ2n) is 5.68. The summed E-state index contributed by atoms with van der Waals surface area (Å²) < 4.78 is 26.9. The van der Waals surface area contributed by atoms with Crippen molar-refractivity contribution in [2.75, 3.05) is 6.54 Å². The molecule has 1 aromatic carbocycles. The fraction of sp³-hybridized carbons (Fsp3) is 0.467. The Bertz CT molecular complexity index is 601. The van der Waals surface area contributed by atoms with Crippen LogP contribution in [0.4, 0.5) is 8.78 Å². The summed E-state index contributed by atoms with van der Waals surface area (Å²) in [6, 6.07) is 3.93. The zero-order chi connectivity index (χ0) is 15.1. The molecular weight excluding hydrogens is 280 g/mol. The van der Waals surface area contributed by atoms with Crippen LogP contribution in [0.2, 0.25) is 0 Å². The molecule has 0 radical (unpaired) electrons. The molecule has 2 aliphatic carbocycles. The molecule has 0 heterocycles. The van der Waals surface area contributed by atoms with E-state index in [9.17, 15) is 18.4 Å². The van der Waals surface area contributed by atoms with Crippen molar-refractivity contribution in [1.82, 2.24) is 4.90 Å². The maximum atomic E-state index is 13.7. The highest BCUT2D eigenvalue weighted by molar-refractivity contribution is 5.86. The molecule has 0 bridgehead atoms. The van der Waals surface area contributed by atoms with Gasteiger partial charge in [-0.25, -0.2) is 8.78 Å². The molecule has 0 saturated heterocycles. The summed E-state index contributed by atoms with van der Waals surface area (Å²) in [5, 5.41) is 8.87. The molecule has 3 rings (SSSR count). The molecule has 2 aliphatic rings. The van der Waals surface area contributed by atoms with Gasteiger partial charge in [0.2, 0.25) is 5.91 Å². The molecule has 1 N–H and O–H groups in total. The number of carbonyl (C=O) groups excluding carboxylic acids is 1. The predicted molar refractivity (Wildman–Crippen MR) is 69.6 cm³/mol. The molecule has 2 fully saturated rings. The maximum Gasteiger partial charge on any atom is 0.323 e. The third-order valence-corrected chi connectivity index (χ3v) is 4.06. The first kappa shape index (κ1) is 14.0. The first-order valence-electron chi connectivity index (χ1n) is 6.95. The lowest BCUT2D eigenvalue weighted by Crippen LogP contribution is -2.38. The zero-order valence-electron chi connectivity index (χ0n) is 11.3. The average molecular weight is 295 g/mol. The molecule has 6 heteroatoms. The van der Waals surface area contributed by atoms with Gasteiger partial charge in [0.05, 0.1) is 0 Å². The van der Waals surface area contributed by atoms with Crippen LogP contribution < -0.4 is 0 Å². The van der Waals surface area contributed by atoms with Crippen molar-refractivity contribution in [2.45, 2.75) is 31.2 Å². The number of carbonyl (C=O) groups is 2. The Hall–Kier alpha value is -1.98. The highest BCUT2D eigenvalue weighted by Crippen LogP contribution is 2.50. The van der Waals surface area contributed by atoms with E-state index in [1.54, 1.807) is 0 Å². The number of amides is 1. The Balaban J connectivity index is 1.73. The molecule has 2 atom stereocenters. The van der Waals surface area contributed by atoms with Crippen molar-refractivity contribution in [3.05, 3.63) is 35.4 Å². The highest BCUT2D eigenvalue weighted by atomic mass is 19.2. The van der Waals surface area contributed by atoms with Crippen LogP contribution in [0.5, 0.6) is 0 Å². The van der Waals surface area contributed by atoms with Gasteiger partial charge in [-0.1, -0.05) is 12.1 Å². The van der Waals surface area contributed by atoms with E-state index < -0.39 is 23.5 Å². The van der Waals surface area contributed by atoms with E-state index >= 15 is 0 Å². The minimum absolute atomic E-state index is 0.00722. The molecule has 2 saturated carbocycles. The topological polar surface area (TPSA) is 57.6 Å². The largest absolute Gasteiger partial charge is 0.480 e. The Labute approximate surface area is 120 Å². The van der Waals surface area contributed by atoms with Gasteiger partial charge in [0.1, 0.15) is 6.54 Å². The molecular formula is C15H15F2NO3. The second-order valence-corrected chi connectivity index (χ2v) is 5.68. The number of benzene rings is 1. The van der Waals surface area contributed by atoms with Crippen LogP contribution in [0, 0.1) is 17.6 Å². The monoisotopic (exact) mass is 295 g/mol. The summed E-state index contributed by atoms with van der Waals surface area (Å²) in [6.45, 7) is -0.321. The highest BCUT2D eigenvalue weighted by Gasteiger charge is 2.49. The zero-order valence-corrected chi connectivity index (χ0v) is 11.3. The van der Waals surface area contributed by atoms with Gasteiger partial charge in [-0.05, 0) is 36.8 Å². The average Bonchev–Trinajstić information content (AvgIpc) is 3.31. The minimum atomic E-state index is -1.05. The van der Waals surface area contributed by atoms with Crippen LogP contribution in [0.1, 0.15) is 30.7 Å². The van der Waals surface area contributed by atoms with Crippen molar-refractivity contribution in [3.63, 3.8) is 0 Å². The second kappa shape index (κ2) is 5.09. The van der Waals surface area contributed by atoms with E-state index in [0.717, 1.165) is 18.9 Å². The van der Waals surface area contributed by atoms with Crippen LogP contribution in [0.3, 0.4) is 0 Å². The molecule has 0 aromatic heterocycles. The van der Waals surface area contributed by atoms with Gasteiger partial charge in [0.15, 0.2) is 11.6 Å². The lowest BCUT2D eigenvalue weighted by Gasteiger charge is -2.20. The Kier molecular flexibility index (Phi) is 3.39. The molecule has 21 heavy (non-hydrogen) atoms. The number of rotatable bonds is 5. The first-order valence-corrected chi connectivity index (χ1v) is 6.95. The van der Waals surface area contributed by atoms with E-state index in [1.807, 2.05) is 0 Å². The number of hydrogen-bond acceptors (Lipinski definition) is 2. The Morgan fingerprint density at radius 1 is 1.29 bits per heavy atom. The molecule has 1 aromatic rings. The van der Waals surface area contributed by atoms with Gasteiger partial charge in [-0.2, -0.15) is 0 Å². The fourth-order valence-electron chi connectivity index (χ4n) is 2.75. The lowest BCUT2D eigenvalue weighted by molar-refractivity contribution is -0.145. The van der Waals surface area contributed by atoms with Crippen molar-refractivity contribution < 1.29 is 23.5 Å². The number of hydrogen-bond donors (Lipinski definition) is 1. The molecule has 0 aliphatic heterocycles. The maximum absolute atomic E-state index is 13.7. The third-order valence-electron chi connectivity index (χ3n) is 4.06. The fourth-order valence-corrected chi connectivity index (χ4v) is 2.75. The van der Waals surface area contributed by atoms with Crippen LogP contribution in [0.25, 0.3) is 0 Å². The number of carboxylic acid groups (broad SMARTS) is 1.